The molecule has 0 spiro atoms. The van der Waals surface area contributed by atoms with Crippen LogP contribution < -0.4 is 5.32 Å². The molecular formula is C9H10N6O2. The summed E-state index contributed by atoms with van der Waals surface area (Å²) in [5.41, 5.74) is 1.30. The highest BCUT2D eigenvalue weighted by Gasteiger charge is 2.15. The Kier molecular flexibility index (Phi) is 2.95. The predicted octanol–water partition coefficient (Wildman–Crippen LogP) is 1.03. The first-order chi connectivity index (χ1) is 8.18. The Labute approximate surface area is 96.2 Å². The molecule has 0 aliphatic carbocycles. The number of para-hydroxylation sites is 1. The lowest BCUT2D eigenvalue weighted by Gasteiger charge is -2.07. The molecule has 0 amide bonds. The maximum absolute atomic E-state index is 10.9. The molecule has 2 rings (SSSR count). The van der Waals surface area contributed by atoms with E-state index in [-0.39, 0.29) is 12.2 Å². The standard InChI is InChI=1S/C9H10N6O2/c1-6-3-2-4-7(15(16)17)9(6)10-5-8-11-13-14-12-8/h2-4,10H,5H2,1H3,(H,11,12,13,14). The SMILES string of the molecule is Cc1cccc([N+](=O)[O-])c1NCc1nn[nH]n1. The van der Waals surface area contributed by atoms with E-state index in [1.54, 1.807) is 19.1 Å². The van der Waals surface area contributed by atoms with Crippen LogP contribution in [0, 0.1) is 17.0 Å². The molecule has 17 heavy (non-hydrogen) atoms. The highest BCUT2D eigenvalue weighted by Crippen LogP contribution is 2.27. The molecule has 0 radical (unpaired) electrons. The summed E-state index contributed by atoms with van der Waals surface area (Å²) in [6, 6.07) is 4.89. The lowest BCUT2D eigenvalue weighted by molar-refractivity contribution is -0.384. The van der Waals surface area contributed by atoms with Gasteiger partial charge >= 0.3 is 0 Å². The summed E-state index contributed by atoms with van der Waals surface area (Å²) in [7, 11) is 0. The van der Waals surface area contributed by atoms with Crippen LogP contribution in [0.2, 0.25) is 0 Å². The van der Waals surface area contributed by atoms with Crippen molar-refractivity contribution in [3.8, 4) is 0 Å². The van der Waals surface area contributed by atoms with Gasteiger partial charge in [0.25, 0.3) is 5.69 Å². The van der Waals surface area contributed by atoms with Gasteiger partial charge in [0.2, 0.25) is 0 Å². The Hall–Kier alpha value is -2.51. The molecule has 0 aliphatic heterocycles. The number of aromatic nitrogens is 4. The Morgan fingerprint density at radius 3 is 3.00 bits per heavy atom. The second-order valence-electron chi connectivity index (χ2n) is 3.41. The van der Waals surface area contributed by atoms with Gasteiger partial charge in [0.15, 0.2) is 5.82 Å². The maximum atomic E-state index is 10.9. The average Bonchev–Trinajstić information content (AvgIpc) is 2.80. The van der Waals surface area contributed by atoms with Gasteiger partial charge in [0, 0.05) is 6.07 Å². The fourth-order valence-corrected chi connectivity index (χ4v) is 1.46. The third kappa shape index (κ3) is 2.36. The van der Waals surface area contributed by atoms with Gasteiger partial charge in [-0.15, -0.1) is 10.2 Å². The van der Waals surface area contributed by atoms with Crippen molar-refractivity contribution in [2.45, 2.75) is 13.5 Å². The molecule has 1 aromatic carbocycles. The molecule has 0 fully saturated rings. The van der Waals surface area contributed by atoms with Gasteiger partial charge in [0.05, 0.1) is 11.5 Å². The first-order valence-electron chi connectivity index (χ1n) is 4.88. The molecule has 8 nitrogen and oxygen atoms in total. The Morgan fingerprint density at radius 2 is 2.35 bits per heavy atom. The van der Waals surface area contributed by atoms with E-state index < -0.39 is 4.92 Å². The lowest BCUT2D eigenvalue weighted by Crippen LogP contribution is -2.05. The molecule has 0 aliphatic rings. The largest absolute Gasteiger partial charge is 0.372 e. The molecule has 0 bridgehead atoms. The number of nitrogens with one attached hydrogen (secondary N) is 2. The molecule has 0 atom stereocenters. The number of aromatic amines is 1. The third-order valence-corrected chi connectivity index (χ3v) is 2.26. The molecule has 2 aromatic rings. The summed E-state index contributed by atoms with van der Waals surface area (Å²) in [5, 5.41) is 27.0. The number of hydrogen-bond donors (Lipinski definition) is 2. The van der Waals surface area contributed by atoms with E-state index in [1.807, 2.05) is 0 Å². The number of rotatable bonds is 4. The highest BCUT2D eigenvalue weighted by atomic mass is 16.6. The van der Waals surface area contributed by atoms with Gasteiger partial charge in [-0.05, 0) is 12.5 Å². The lowest BCUT2D eigenvalue weighted by atomic mass is 10.1. The topological polar surface area (TPSA) is 110 Å². The zero-order chi connectivity index (χ0) is 12.3. The van der Waals surface area contributed by atoms with E-state index in [1.165, 1.54) is 6.07 Å². The molecule has 0 saturated heterocycles. The average molecular weight is 234 g/mol. The van der Waals surface area contributed by atoms with Crippen LogP contribution in [0.3, 0.4) is 0 Å². The maximum Gasteiger partial charge on any atom is 0.292 e. The number of H-pyrrole nitrogens is 1. The van der Waals surface area contributed by atoms with Gasteiger partial charge in [-0.2, -0.15) is 5.21 Å². The van der Waals surface area contributed by atoms with E-state index in [2.05, 4.69) is 25.9 Å². The monoisotopic (exact) mass is 234 g/mol. The fraction of sp³-hybridized carbons (Fsp3) is 0.222. The van der Waals surface area contributed by atoms with Crippen molar-refractivity contribution in [3.05, 3.63) is 39.7 Å². The summed E-state index contributed by atoms with van der Waals surface area (Å²) in [6.07, 6.45) is 0. The van der Waals surface area contributed by atoms with Crippen LogP contribution in [0.4, 0.5) is 11.4 Å². The van der Waals surface area contributed by atoms with Crippen molar-refractivity contribution in [1.29, 1.82) is 0 Å². The van der Waals surface area contributed by atoms with Crippen molar-refractivity contribution in [2.75, 3.05) is 5.32 Å². The number of nitro groups is 1. The molecular weight excluding hydrogens is 224 g/mol. The second kappa shape index (κ2) is 4.56. The summed E-state index contributed by atoms with van der Waals surface area (Å²) in [4.78, 5) is 10.4. The molecule has 8 heteroatoms. The number of hydrogen-bond acceptors (Lipinski definition) is 6. The minimum atomic E-state index is -0.425. The van der Waals surface area contributed by atoms with Crippen LogP contribution in [-0.4, -0.2) is 25.5 Å². The van der Waals surface area contributed by atoms with Gasteiger partial charge < -0.3 is 5.32 Å². The third-order valence-electron chi connectivity index (χ3n) is 2.26. The number of benzene rings is 1. The molecule has 0 unspecified atom stereocenters. The summed E-state index contributed by atoms with van der Waals surface area (Å²) in [5.74, 6) is 0.447. The molecule has 0 saturated carbocycles. The van der Waals surface area contributed by atoms with Gasteiger partial charge in [-0.3, -0.25) is 10.1 Å². The summed E-state index contributed by atoms with van der Waals surface area (Å²) >= 11 is 0. The van der Waals surface area contributed by atoms with Crippen molar-refractivity contribution < 1.29 is 4.92 Å². The van der Waals surface area contributed by atoms with Crippen LogP contribution in [0.5, 0.6) is 0 Å². The van der Waals surface area contributed by atoms with Crippen molar-refractivity contribution >= 4 is 11.4 Å². The van der Waals surface area contributed by atoms with Crippen LogP contribution in [0.25, 0.3) is 0 Å². The van der Waals surface area contributed by atoms with E-state index in [4.69, 9.17) is 0 Å². The van der Waals surface area contributed by atoms with E-state index >= 15 is 0 Å². The zero-order valence-electron chi connectivity index (χ0n) is 9.04. The van der Waals surface area contributed by atoms with Crippen LogP contribution in [0.15, 0.2) is 18.2 Å². The molecule has 2 N–H and O–H groups in total. The second-order valence-corrected chi connectivity index (χ2v) is 3.41. The van der Waals surface area contributed by atoms with E-state index in [9.17, 15) is 10.1 Å². The number of tetrazole rings is 1. The van der Waals surface area contributed by atoms with E-state index in [0.717, 1.165) is 5.56 Å². The van der Waals surface area contributed by atoms with Gasteiger partial charge in [0.1, 0.15) is 5.69 Å². The molecule has 88 valence electrons. The van der Waals surface area contributed by atoms with Gasteiger partial charge in [-0.25, -0.2) is 0 Å². The Bertz CT molecular complexity index is 524. The zero-order valence-corrected chi connectivity index (χ0v) is 9.04. The first-order valence-corrected chi connectivity index (χ1v) is 4.88. The van der Waals surface area contributed by atoms with Crippen molar-refractivity contribution in [1.82, 2.24) is 20.6 Å². The summed E-state index contributed by atoms with van der Waals surface area (Å²) < 4.78 is 0. The van der Waals surface area contributed by atoms with E-state index in [0.29, 0.717) is 11.5 Å². The van der Waals surface area contributed by atoms with Crippen molar-refractivity contribution in [3.63, 3.8) is 0 Å². The number of anilines is 1. The highest BCUT2D eigenvalue weighted by molar-refractivity contribution is 5.65. The van der Waals surface area contributed by atoms with Crippen molar-refractivity contribution in [2.24, 2.45) is 0 Å². The quantitative estimate of drug-likeness (QED) is 0.603. The Morgan fingerprint density at radius 1 is 1.53 bits per heavy atom. The summed E-state index contributed by atoms with van der Waals surface area (Å²) in [6.45, 7) is 2.08. The Balaban J connectivity index is 2.22. The van der Waals surface area contributed by atoms with Gasteiger partial charge in [-0.1, -0.05) is 17.3 Å². The normalized spacial score (nSPS) is 10.2. The fourth-order valence-electron chi connectivity index (χ4n) is 1.46. The van der Waals surface area contributed by atoms with Crippen LogP contribution >= 0.6 is 0 Å². The predicted molar refractivity (Wildman–Crippen MR) is 59.3 cm³/mol. The minimum absolute atomic E-state index is 0.0356. The van der Waals surface area contributed by atoms with Crippen LogP contribution in [-0.2, 0) is 6.54 Å². The number of nitro benzene ring substituents is 1. The van der Waals surface area contributed by atoms with Crippen LogP contribution in [0.1, 0.15) is 11.4 Å². The first kappa shape index (κ1) is 11.0. The smallest absolute Gasteiger partial charge is 0.292 e. The molecule has 1 heterocycles. The molecule has 1 aromatic heterocycles. The number of aryl methyl sites for hydroxylation is 1. The minimum Gasteiger partial charge on any atom is -0.372 e. The number of nitrogens with zero attached hydrogens (tertiary/aromatic N) is 4.